The standard InChI is InChI=1S/C16H22N4O2/c1-17-15(13-10-19-20(2)11-13)16(21)18-8-7-12-5-4-6-14(9-12)22-3/h4-6,9-11,15,17H,7-8H2,1-3H3,(H,18,21). The lowest BCUT2D eigenvalue weighted by Crippen LogP contribution is -2.36. The first-order valence-corrected chi connectivity index (χ1v) is 7.20. The number of hydrogen-bond acceptors (Lipinski definition) is 4. The molecule has 0 aliphatic heterocycles. The molecular formula is C16H22N4O2. The van der Waals surface area contributed by atoms with Crippen molar-refractivity contribution in [2.75, 3.05) is 20.7 Å². The van der Waals surface area contributed by atoms with Gasteiger partial charge in [0.15, 0.2) is 0 Å². The van der Waals surface area contributed by atoms with Crippen molar-refractivity contribution in [3.8, 4) is 5.75 Å². The minimum Gasteiger partial charge on any atom is -0.497 e. The Morgan fingerprint density at radius 1 is 1.45 bits per heavy atom. The number of carbonyl (C=O) groups excluding carboxylic acids is 1. The van der Waals surface area contributed by atoms with Crippen molar-refractivity contribution in [1.29, 1.82) is 0 Å². The van der Waals surface area contributed by atoms with Crippen LogP contribution < -0.4 is 15.4 Å². The van der Waals surface area contributed by atoms with Crippen molar-refractivity contribution in [3.63, 3.8) is 0 Å². The van der Waals surface area contributed by atoms with Crippen LogP contribution in [0.2, 0.25) is 0 Å². The van der Waals surface area contributed by atoms with E-state index in [0.717, 1.165) is 23.3 Å². The number of ether oxygens (including phenoxy) is 1. The molecule has 118 valence electrons. The number of nitrogens with zero attached hydrogens (tertiary/aromatic N) is 2. The van der Waals surface area contributed by atoms with Crippen LogP contribution in [0.15, 0.2) is 36.7 Å². The first kappa shape index (κ1) is 16.0. The second-order valence-corrected chi connectivity index (χ2v) is 5.06. The van der Waals surface area contributed by atoms with Crippen molar-refractivity contribution >= 4 is 5.91 Å². The highest BCUT2D eigenvalue weighted by Gasteiger charge is 2.19. The minimum atomic E-state index is -0.390. The molecule has 2 N–H and O–H groups in total. The monoisotopic (exact) mass is 302 g/mol. The lowest BCUT2D eigenvalue weighted by molar-refractivity contribution is -0.123. The van der Waals surface area contributed by atoms with Crippen molar-refractivity contribution in [3.05, 3.63) is 47.8 Å². The maximum absolute atomic E-state index is 12.3. The Morgan fingerprint density at radius 2 is 2.27 bits per heavy atom. The molecule has 1 unspecified atom stereocenters. The number of aryl methyl sites for hydroxylation is 1. The van der Waals surface area contributed by atoms with Crippen molar-refractivity contribution < 1.29 is 9.53 Å². The third-order valence-corrected chi connectivity index (χ3v) is 3.46. The number of likely N-dealkylation sites (N-methyl/N-ethyl adjacent to an activating group) is 1. The molecule has 1 atom stereocenters. The highest BCUT2D eigenvalue weighted by atomic mass is 16.5. The van der Waals surface area contributed by atoms with Gasteiger partial charge in [-0.3, -0.25) is 9.48 Å². The van der Waals surface area contributed by atoms with Crippen LogP contribution in [-0.2, 0) is 18.3 Å². The summed E-state index contributed by atoms with van der Waals surface area (Å²) in [5.41, 5.74) is 1.98. The largest absolute Gasteiger partial charge is 0.497 e. The lowest BCUT2D eigenvalue weighted by atomic mass is 10.1. The zero-order valence-corrected chi connectivity index (χ0v) is 13.2. The molecule has 6 heteroatoms. The van der Waals surface area contributed by atoms with E-state index >= 15 is 0 Å². The summed E-state index contributed by atoms with van der Waals surface area (Å²) in [7, 11) is 5.24. The van der Waals surface area contributed by atoms with E-state index in [1.54, 1.807) is 25.0 Å². The Labute approximate surface area is 130 Å². The zero-order chi connectivity index (χ0) is 15.9. The van der Waals surface area contributed by atoms with Crippen LogP contribution in [0.4, 0.5) is 0 Å². The Hall–Kier alpha value is -2.34. The van der Waals surface area contributed by atoms with Crippen LogP contribution in [0.3, 0.4) is 0 Å². The molecule has 1 aromatic carbocycles. The second kappa shape index (κ2) is 7.61. The van der Waals surface area contributed by atoms with Gasteiger partial charge in [0, 0.05) is 25.4 Å². The third kappa shape index (κ3) is 4.08. The Bertz CT molecular complexity index is 624. The second-order valence-electron chi connectivity index (χ2n) is 5.06. The van der Waals surface area contributed by atoms with Gasteiger partial charge in [-0.2, -0.15) is 5.10 Å². The fourth-order valence-corrected chi connectivity index (χ4v) is 2.30. The van der Waals surface area contributed by atoms with Gasteiger partial charge in [-0.05, 0) is 31.2 Å². The summed E-state index contributed by atoms with van der Waals surface area (Å²) in [5, 5.41) is 10.1. The van der Waals surface area contributed by atoms with Crippen LogP contribution in [-0.4, -0.2) is 36.4 Å². The first-order valence-electron chi connectivity index (χ1n) is 7.20. The van der Waals surface area contributed by atoms with Gasteiger partial charge in [0.2, 0.25) is 5.91 Å². The number of methoxy groups -OCH3 is 1. The van der Waals surface area contributed by atoms with Crippen LogP contribution in [0, 0.1) is 0 Å². The molecule has 1 aromatic heterocycles. The van der Waals surface area contributed by atoms with Crippen molar-refractivity contribution in [1.82, 2.24) is 20.4 Å². The first-order chi connectivity index (χ1) is 10.6. The van der Waals surface area contributed by atoms with E-state index in [-0.39, 0.29) is 11.9 Å². The van der Waals surface area contributed by atoms with E-state index in [2.05, 4.69) is 15.7 Å². The van der Waals surface area contributed by atoms with Gasteiger partial charge in [0.25, 0.3) is 0 Å². The SMILES string of the molecule is CNC(C(=O)NCCc1cccc(OC)c1)c1cnn(C)c1. The molecule has 2 rings (SSSR count). The minimum absolute atomic E-state index is 0.0570. The van der Waals surface area contributed by atoms with Crippen molar-refractivity contribution in [2.24, 2.45) is 7.05 Å². The molecule has 0 spiro atoms. The summed E-state index contributed by atoms with van der Waals surface area (Å²) in [4.78, 5) is 12.3. The predicted octanol–water partition coefficient (Wildman–Crippen LogP) is 1.05. The number of aromatic nitrogens is 2. The van der Waals surface area contributed by atoms with Crippen LogP contribution in [0.1, 0.15) is 17.2 Å². The highest BCUT2D eigenvalue weighted by Crippen LogP contribution is 2.13. The quantitative estimate of drug-likeness (QED) is 0.802. The average Bonchev–Trinajstić information content (AvgIpc) is 2.94. The maximum Gasteiger partial charge on any atom is 0.241 e. The summed E-state index contributed by atoms with van der Waals surface area (Å²) in [5.74, 6) is 0.769. The molecule has 2 aromatic rings. The van der Waals surface area contributed by atoms with Gasteiger partial charge in [-0.15, -0.1) is 0 Å². The van der Waals surface area contributed by atoms with Gasteiger partial charge >= 0.3 is 0 Å². The van der Waals surface area contributed by atoms with E-state index in [1.165, 1.54) is 0 Å². The summed E-state index contributed by atoms with van der Waals surface area (Å²) in [6.07, 6.45) is 4.29. The van der Waals surface area contributed by atoms with Gasteiger partial charge in [-0.25, -0.2) is 0 Å². The topological polar surface area (TPSA) is 68.2 Å². The number of hydrogen-bond donors (Lipinski definition) is 2. The van der Waals surface area contributed by atoms with E-state index in [4.69, 9.17) is 4.74 Å². The maximum atomic E-state index is 12.3. The number of benzene rings is 1. The molecule has 0 aliphatic rings. The van der Waals surface area contributed by atoms with E-state index in [9.17, 15) is 4.79 Å². The number of carbonyl (C=O) groups is 1. The predicted molar refractivity (Wildman–Crippen MR) is 84.7 cm³/mol. The molecular weight excluding hydrogens is 280 g/mol. The van der Waals surface area contributed by atoms with Gasteiger partial charge in [-0.1, -0.05) is 12.1 Å². The molecule has 0 radical (unpaired) electrons. The normalized spacial score (nSPS) is 12.0. The smallest absolute Gasteiger partial charge is 0.241 e. The number of nitrogens with one attached hydrogen (secondary N) is 2. The molecule has 6 nitrogen and oxygen atoms in total. The van der Waals surface area contributed by atoms with Crippen LogP contribution in [0.5, 0.6) is 5.75 Å². The average molecular weight is 302 g/mol. The summed E-state index contributed by atoms with van der Waals surface area (Å²) >= 11 is 0. The van der Waals surface area contributed by atoms with Crippen LogP contribution in [0.25, 0.3) is 0 Å². The molecule has 22 heavy (non-hydrogen) atoms. The van der Waals surface area contributed by atoms with Gasteiger partial charge in [0.05, 0.1) is 13.3 Å². The highest BCUT2D eigenvalue weighted by molar-refractivity contribution is 5.83. The van der Waals surface area contributed by atoms with Gasteiger partial charge < -0.3 is 15.4 Å². The van der Waals surface area contributed by atoms with Crippen molar-refractivity contribution in [2.45, 2.75) is 12.5 Å². The lowest BCUT2D eigenvalue weighted by Gasteiger charge is -2.14. The summed E-state index contributed by atoms with van der Waals surface area (Å²) < 4.78 is 6.88. The molecule has 0 saturated carbocycles. The molecule has 0 aliphatic carbocycles. The number of rotatable bonds is 7. The Balaban J connectivity index is 1.88. The third-order valence-electron chi connectivity index (χ3n) is 3.46. The number of amides is 1. The van der Waals surface area contributed by atoms with Crippen LogP contribution >= 0.6 is 0 Å². The molecule has 1 heterocycles. The van der Waals surface area contributed by atoms with Gasteiger partial charge in [0.1, 0.15) is 11.8 Å². The Kier molecular flexibility index (Phi) is 5.55. The van der Waals surface area contributed by atoms with E-state index < -0.39 is 0 Å². The van der Waals surface area contributed by atoms with E-state index in [1.807, 2.05) is 37.5 Å². The molecule has 1 amide bonds. The molecule has 0 saturated heterocycles. The zero-order valence-electron chi connectivity index (χ0n) is 13.2. The molecule has 0 bridgehead atoms. The molecule has 0 fully saturated rings. The Morgan fingerprint density at radius 3 is 2.91 bits per heavy atom. The fourth-order valence-electron chi connectivity index (χ4n) is 2.30. The fraction of sp³-hybridized carbons (Fsp3) is 0.375. The summed E-state index contributed by atoms with van der Waals surface area (Å²) in [6, 6.07) is 7.46. The van der Waals surface area contributed by atoms with E-state index in [0.29, 0.717) is 6.54 Å². The summed E-state index contributed by atoms with van der Waals surface area (Å²) in [6.45, 7) is 0.574.